The molecule has 2 rings (SSSR count). The zero-order chi connectivity index (χ0) is 15.5. The molecular formula is C16H20BrNO3. The molecule has 5 heteroatoms. The second kappa shape index (κ2) is 6.60. The van der Waals surface area contributed by atoms with Crippen molar-refractivity contribution in [3.63, 3.8) is 0 Å². The maximum absolute atomic E-state index is 12.2. The van der Waals surface area contributed by atoms with Crippen LogP contribution in [0.25, 0.3) is 0 Å². The van der Waals surface area contributed by atoms with Gasteiger partial charge in [-0.25, -0.2) is 0 Å². The van der Waals surface area contributed by atoms with Crippen molar-refractivity contribution in [1.29, 1.82) is 0 Å². The van der Waals surface area contributed by atoms with Crippen LogP contribution in [0.3, 0.4) is 0 Å². The van der Waals surface area contributed by atoms with Crippen molar-refractivity contribution in [3.8, 4) is 0 Å². The molecule has 1 fully saturated rings. The number of halogens is 1. The lowest BCUT2D eigenvalue weighted by Crippen LogP contribution is -2.36. The molecule has 0 aromatic heterocycles. The van der Waals surface area contributed by atoms with Crippen LogP contribution >= 0.6 is 15.9 Å². The number of carboxylic acids is 1. The number of amides is 1. The molecule has 1 saturated carbocycles. The van der Waals surface area contributed by atoms with Crippen LogP contribution in [0.2, 0.25) is 0 Å². The van der Waals surface area contributed by atoms with Gasteiger partial charge in [-0.1, -0.05) is 40.9 Å². The van der Waals surface area contributed by atoms with E-state index in [0.717, 1.165) is 22.9 Å². The Bertz CT molecular complexity index is 521. The van der Waals surface area contributed by atoms with Crippen molar-refractivity contribution in [1.82, 2.24) is 5.32 Å². The Morgan fingerprint density at radius 2 is 1.86 bits per heavy atom. The number of hydrogen-bond donors (Lipinski definition) is 2. The molecule has 2 N–H and O–H groups in total. The normalized spacial score (nSPS) is 18.2. The van der Waals surface area contributed by atoms with E-state index in [9.17, 15) is 14.7 Å². The number of carbonyl (C=O) groups is 2. The van der Waals surface area contributed by atoms with E-state index in [1.165, 1.54) is 0 Å². The fourth-order valence-corrected chi connectivity index (χ4v) is 3.22. The zero-order valence-corrected chi connectivity index (χ0v) is 13.6. The molecule has 1 aliphatic rings. The minimum absolute atomic E-state index is 0.0726. The molecule has 114 valence electrons. The Kier molecular flexibility index (Phi) is 5.04. The lowest BCUT2D eigenvalue weighted by Gasteiger charge is -2.24. The molecule has 0 unspecified atom stereocenters. The summed E-state index contributed by atoms with van der Waals surface area (Å²) in [6, 6.07) is 7.61. The number of carboxylic acid groups (broad SMARTS) is 1. The van der Waals surface area contributed by atoms with Crippen LogP contribution in [0.1, 0.15) is 50.6 Å². The smallest absolute Gasteiger partial charge is 0.310 e. The van der Waals surface area contributed by atoms with Crippen molar-refractivity contribution in [2.45, 2.75) is 45.1 Å². The van der Waals surface area contributed by atoms with E-state index in [0.29, 0.717) is 12.8 Å². The highest BCUT2D eigenvalue weighted by atomic mass is 79.9. The molecule has 4 nitrogen and oxygen atoms in total. The summed E-state index contributed by atoms with van der Waals surface area (Å²) in [6.45, 7) is 1.91. The molecule has 0 radical (unpaired) electrons. The van der Waals surface area contributed by atoms with Gasteiger partial charge in [-0.3, -0.25) is 9.59 Å². The Balaban J connectivity index is 1.97. The maximum Gasteiger partial charge on any atom is 0.310 e. The molecule has 0 spiro atoms. The van der Waals surface area contributed by atoms with Crippen LogP contribution in [0.4, 0.5) is 0 Å². The molecule has 0 bridgehead atoms. The van der Waals surface area contributed by atoms with Gasteiger partial charge in [-0.05, 0) is 37.5 Å². The molecule has 1 aliphatic carbocycles. The lowest BCUT2D eigenvalue weighted by molar-refractivity contribution is -0.151. The summed E-state index contributed by atoms with van der Waals surface area (Å²) in [5, 5.41) is 12.3. The molecule has 21 heavy (non-hydrogen) atoms. The molecule has 0 heterocycles. The molecule has 0 saturated heterocycles. The van der Waals surface area contributed by atoms with Crippen molar-refractivity contribution >= 4 is 27.8 Å². The minimum Gasteiger partial charge on any atom is -0.481 e. The van der Waals surface area contributed by atoms with Crippen LogP contribution < -0.4 is 5.32 Å². The monoisotopic (exact) mass is 353 g/mol. The van der Waals surface area contributed by atoms with E-state index in [2.05, 4.69) is 21.2 Å². The van der Waals surface area contributed by atoms with Gasteiger partial charge in [-0.2, -0.15) is 0 Å². The molecule has 0 aliphatic heterocycles. The number of hydrogen-bond acceptors (Lipinski definition) is 2. The Hall–Kier alpha value is -1.36. The Labute approximate surface area is 133 Å². The van der Waals surface area contributed by atoms with Crippen LogP contribution in [-0.2, 0) is 9.59 Å². The van der Waals surface area contributed by atoms with Gasteiger partial charge in [0.15, 0.2) is 0 Å². The molecular weight excluding hydrogens is 334 g/mol. The van der Waals surface area contributed by atoms with Crippen LogP contribution in [0, 0.1) is 5.41 Å². The first-order chi connectivity index (χ1) is 9.93. The van der Waals surface area contributed by atoms with E-state index in [1.54, 1.807) is 0 Å². The number of carbonyl (C=O) groups excluding carboxylic acids is 1. The summed E-state index contributed by atoms with van der Waals surface area (Å²) >= 11 is 3.37. The van der Waals surface area contributed by atoms with Gasteiger partial charge in [0.2, 0.25) is 5.91 Å². The predicted octanol–water partition coefficient (Wildman–Crippen LogP) is 3.66. The first kappa shape index (κ1) is 16.0. The minimum atomic E-state index is -0.858. The number of rotatable bonds is 5. The van der Waals surface area contributed by atoms with E-state index >= 15 is 0 Å². The predicted molar refractivity (Wildman–Crippen MR) is 83.9 cm³/mol. The van der Waals surface area contributed by atoms with Crippen LogP contribution in [0.5, 0.6) is 0 Å². The lowest BCUT2D eigenvalue weighted by atomic mass is 9.82. The summed E-state index contributed by atoms with van der Waals surface area (Å²) < 4.78 is 0.987. The topological polar surface area (TPSA) is 66.4 Å². The van der Waals surface area contributed by atoms with Crippen molar-refractivity contribution in [2.75, 3.05) is 0 Å². The van der Waals surface area contributed by atoms with Gasteiger partial charge >= 0.3 is 5.97 Å². The third kappa shape index (κ3) is 3.84. The van der Waals surface area contributed by atoms with Crippen LogP contribution in [0.15, 0.2) is 28.7 Å². The highest BCUT2D eigenvalue weighted by Gasteiger charge is 2.43. The van der Waals surface area contributed by atoms with Crippen LogP contribution in [-0.4, -0.2) is 17.0 Å². The SMILES string of the molecule is C[C@H](NC(=O)CC1(C(=O)O)CCCC1)c1ccc(Br)cc1. The first-order valence-electron chi connectivity index (χ1n) is 7.21. The second-order valence-corrected chi connectivity index (χ2v) is 6.73. The highest BCUT2D eigenvalue weighted by molar-refractivity contribution is 9.10. The summed E-state index contributed by atoms with van der Waals surface area (Å²) in [4.78, 5) is 23.6. The van der Waals surface area contributed by atoms with Crippen molar-refractivity contribution in [2.24, 2.45) is 5.41 Å². The van der Waals surface area contributed by atoms with Gasteiger partial charge < -0.3 is 10.4 Å². The molecule has 1 atom stereocenters. The standard InChI is InChI=1S/C16H20BrNO3/c1-11(12-4-6-13(17)7-5-12)18-14(19)10-16(15(20)21)8-2-3-9-16/h4-7,11H,2-3,8-10H2,1H3,(H,18,19)(H,20,21)/t11-/m0/s1. The van der Waals surface area contributed by atoms with Gasteiger partial charge in [0.1, 0.15) is 0 Å². The number of benzene rings is 1. The molecule has 1 aromatic carbocycles. The fraction of sp³-hybridized carbons (Fsp3) is 0.500. The average Bonchev–Trinajstić information content (AvgIpc) is 2.89. The summed E-state index contributed by atoms with van der Waals surface area (Å²) in [7, 11) is 0. The molecule has 1 aromatic rings. The van der Waals surface area contributed by atoms with E-state index in [4.69, 9.17) is 0 Å². The van der Waals surface area contributed by atoms with E-state index in [1.807, 2.05) is 31.2 Å². The maximum atomic E-state index is 12.2. The average molecular weight is 354 g/mol. The van der Waals surface area contributed by atoms with Gasteiger partial charge in [0.05, 0.1) is 11.5 Å². The quantitative estimate of drug-likeness (QED) is 0.848. The third-order valence-electron chi connectivity index (χ3n) is 4.26. The zero-order valence-electron chi connectivity index (χ0n) is 12.1. The van der Waals surface area contributed by atoms with E-state index in [-0.39, 0.29) is 18.4 Å². The second-order valence-electron chi connectivity index (χ2n) is 5.81. The van der Waals surface area contributed by atoms with Crippen molar-refractivity contribution < 1.29 is 14.7 Å². The Morgan fingerprint density at radius 1 is 1.29 bits per heavy atom. The summed E-state index contributed by atoms with van der Waals surface area (Å²) in [5.41, 5.74) is 0.145. The largest absolute Gasteiger partial charge is 0.481 e. The fourth-order valence-electron chi connectivity index (χ4n) is 2.95. The third-order valence-corrected chi connectivity index (χ3v) is 4.79. The molecule has 1 amide bonds. The van der Waals surface area contributed by atoms with Gasteiger partial charge in [0.25, 0.3) is 0 Å². The Morgan fingerprint density at radius 3 is 2.38 bits per heavy atom. The van der Waals surface area contributed by atoms with Gasteiger partial charge in [-0.15, -0.1) is 0 Å². The number of aliphatic carboxylic acids is 1. The van der Waals surface area contributed by atoms with E-state index < -0.39 is 11.4 Å². The van der Waals surface area contributed by atoms with Gasteiger partial charge in [0, 0.05) is 10.9 Å². The first-order valence-corrected chi connectivity index (χ1v) is 8.00. The highest BCUT2D eigenvalue weighted by Crippen LogP contribution is 2.41. The van der Waals surface area contributed by atoms with Crippen molar-refractivity contribution in [3.05, 3.63) is 34.3 Å². The summed E-state index contributed by atoms with van der Waals surface area (Å²) in [5.74, 6) is -1.03. The number of nitrogens with one attached hydrogen (secondary N) is 1. The summed E-state index contributed by atoms with van der Waals surface area (Å²) in [6.07, 6.45) is 3.05.